The molecule has 2 aromatic carbocycles. The maximum Gasteiger partial charge on any atom is 0.238 e. The van der Waals surface area contributed by atoms with Gasteiger partial charge in [-0.25, -0.2) is 0 Å². The van der Waals surface area contributed by atoms with Gasteiger partial charge < -0.3 is 14.8 Å². The van der Waals surface area contributed by atoms with Crippen LogP contribution in [0, 0.1) is 6.92 Å². The first-order chi connectivity index (χ1) is 15.0. The molecule has 0 saturated heterocycles. The fourth-order valence-electron chi connectivity index (χ4n) is 4.04. The Balaban J connectivity index is 1.62. The van der Waals surface area contributed by atoms with Gasteiger partial charge in [0.15, 0.2) is 11.5 Å². The van der Waals surface area contributed by atoms with Crippen molar-refractivity contribution < 1.29 is 14.3 Å². The molecule has 0 bridgehead atoms. The molecule has 4 rings (SSSR count). The number of methoxy groups -OCH3 is 2. The zero-order valence-corrected chi connectivity index (χ0v) is 19.3. The summed E-state index contributed by atoms with van der Waals surface area (Å²) < 4.78 is 11.0. The minimum absolute atomic E-state index is 0.0252. The number of thiophene rings is 1. The highest BCUT2D eigenvalue weighted by molar-refractivity contribution is 7.10. The maximum atomic E-state index is 12.9. The molecule has 162 valence electrons. The average Bonchev–Trinajstić information content (AvgIpc) is 3.29. The molecule has 7 heteroatoms. The Morgan fingerprint density at radius 1 is 1.19 bits per heavy atom. The summed E-state index contributed by atoms with van der Waals surface area (Å²) in [5.41, 5.74) is 4.05. The summed E-state index contributed by atoms with van der Waals surface area (Å²) in [7, 11) is 3.29. The third kappa shape index (κ3) is 4.56. The fraction of sp³-hybridized carbons (Fsp3) is 0.292. The molecule has 1 aromatic heterocycles. The first-order valence-electron chi connectivity index (χ1n) is 10.1. The lowest BCUT2D eigenvalue weighted by Crippen LogP contribution is -2.41. The second-order valence-electron chi connectivity index (χ2n) is 7.58. The van der Waals surface area contributed by atoms with Gasteiger partial charge >= 0.3 is 0 Å². The summed E-state index contributed by atoms with van der Waals surface area (Å²) in [6.07, 6.45) is 0.829. The molecule has 1 N–H and O–H groups in total. The van der Waals surface area contributed by atoms with E-state index in [1.54, 1.807) is 25.6 Å². The van der Waals surface area contributed by atoms with Crippen molar-refractivity contribution in [3.63, 3.8) is 0 Å². The smallest absolute Gasteiger partial charge is 0.238 e. The van der Waals surface area contributed by atoms with Crippen molar-refractivity contribution >= 4 is 34.5 Å². The van der Waals surface area contributed by atoms with Crippen LogP contribution in [0.5, 0.6) is 11.5 Å². The number of fused-ring (bicyclic) bond motifs is 1. The van der Waals surface area contributed by atoms with Gasteiger partial charge in [0.2, 0.25) is 5.91 Å². The monoisotopic (exact) mass is 456 g/mol. The number of anilines is 1. The number of benzene rings is 2. The largest absolute Gasteiger partial charge is 0.493 e. The molecular weight excluding hydrogens is 432 g/mol. The highest BCUT2D eigenvalue weighted by Gasteiger charge is 2.32. The molecule has 0 radical (unpaired) electrons. The van der Waals surface area contributed by atoms with E-state index in [1.807, 2.05) is 37.3 Å². The first-order valence-corrected chi connectivity index (χ1v) is 11.3. The molecule has 3 aromatic rings. The molecule has 0 fully saturated rings. The number of amides is 1. The lowest BCUT2D eigenvalue weighted by molar-refractivity contribution is -0.117. The van der Waals surface area contributed by atoms with Crippen LogP contribution >= 0.6 is 22.9 Å². The number of ether oxygens (including phenoxy) is 2. The van der Waals surface area contributed by atoms with Crippen molar-refractivity contribution in [2.75, 3.05) is 32.6 Å². The molecule has 1 aliphatic rings. The van der Waals surface area contributed by atoms with E-state index in [9.17, 15) is 4.79 Å². The van der Waals surface area contributed by atoms with E-state index in [1.165, 1.54) is 10.4 Å². The highest BCUT2D eigenvalue weighted by atomic mass is 35.5. The third-order valence-electron chi connectivity index (χ3n) is 5.53. The topological polar surface area (TPSA) is 50.8 Å². The quantitative estimate of drug-likeness (QED) is 0.545. The second-order valence-corrected chi connectivity index (χ2v) is 8.96. The molecular formula is C24H25ClN2O3S. The van der Waals surface area contributed by atoms with Crippen LogP contribution in [0.1, 0.15) is 27.6 Å². The van der Waals surface area contributed by atoms with Crippen LogP contribution in [0.2, 0.25) is 5.02 Å². The Kier molecular flexibility index (Phi) is 6.51. The minimum atomic E-state index is -0.0868. The molecule has 0 saturated carbocycles. The predicted octanol–water partition coefficient (Wildman–Crippen LogP) is 5.31. The summed E-state index contributed by atoms with van der Waals surface area (Å²) in [4.78, 5) is 16.3. The molecule has 31 heavy (non-hydrogen) atoms. The van der Waals surface area contributed by atoms with Crippen molar-refractivity contribution in [2.24, 2.45) is 0 Å². The second kappa shape index (κ2) is 9.30. The lowest BCUT2D eigenvalue weighted by Gasteiger charge is -2.37. The van der Waals surface area contributed by atoms with E-state index >= 15 is 0 Å². The normalized spacial score (nSPS) is 15.9. The zero-order chi connectivity index (χ0) is 22.0. The summed E-state index contributed by atoms with van der Waals surface area (Å²) >= 11 is 7.99. The minimum Gasteiger partial charge on any atom is -0.493 e. The predicted molar refractivity (Wildman–Crippen MR) is 126 cm³/mol. The number of nitrogens with one attached hydrogen (secondary N) is 1. The number of hydrogen-bond acceptors (Lipinski definition) is 5. The van der Waals surface area contributed by atoms with Crippen LogP contribution in [0.3, 0.4) is 0 Å². The SMILES string of the molecule is COc1cc2c(cc1OC)C(c1cccs1)N(CC(=O)Nc1ccc(C)cc1Cl)CC2. The van der Waals surface area contributed by atoms with Crippen molar-refractivity contribution in [1.82, 2.24) is 4.90 Å². The molecule has 1 amide bonds. The Bertz CT molecular complexity index is 1080. The zero-order valence-electron chi connectivity index (χ0n) is 17.8. The number of carbonyl (C=O) groups excluding carboxylic acids is 1. The lowest BCUT2D eigenvalue weighted by atomic mass is 9.91. The van der Waals surface area contributed by atoms with E-state index in [0.29, 0.717) is 16.5 Å². The number of aryl methyl sites for hydroxylation is 1. The van der Waals surface area contributed by atoms with E-state index in [-0.39, 0.29) is 18.5 Å². The molecule has 5 nitrogen and oxygen atoms in total. The molecule has 0 spiro atoms. The Morgan fingerprint density at radius 2 is 1.97 bits per heavy atom. The van der Waals surface area contributed by atoms with Crippen molar-refractivity contribution in [1.29, 1.82) is 0 Å². The Morgan fingerprint density at radius 3 is 2.65 bits per heavy atom. The van der Waals surface area contributed by atoms with Crippen LogP contribution in [0.15, 0.2) is 47.8 Å². The number of halogens is 1. The highest BCUT2D eigenvalue weighted by Crippen LogP contribution is 2.42. The van der Waals surface area contributed by atoms with Gasteiger partial charge in [0, 0.05) is 11.4 Å². The third-order valence-corrected chi connectivity index (χ3v) is 6.77. The molecule has 1 unspecified atom stereocenters. The van der Waals surface area contributed by atoms with Gasteiger partial charge in [-0.1, -0.05) is 23.7 Å². The van der Waals surface area contributed by atoms with E-state index in [2.05, 4.69) is 27.7 Å². The maximum absolute atomic E-state index is 12.9. The van der Waals surface area contributed by atoms with Gasteiger partial charge in [-0.3, -0.25) is 9.69 Å². The molecule has 2 heterocycles. The van der Waals surface area contributed by atoms with Gasteiger partial charge in [-0.05, 0) is 65.7 Å². The fourth-order valence-corrected chi connectivity index (χ4v) is 5.20. The molecule has 1 aliphatic heterocycles. The number of hydrogen-bond donors (Lipinski definition) is 1. The number of nitrogens with zero attached hydrogens (tertiary/aromatic N) is 1. The van der Waals surface area contributed by atoms with Crippen molar-refractivity contribution in [3.8, 4) is 11.5 Å². The van der Waals surface area contributed by atoms with Crippen molar-refractivity contribution in [3.05, 3.63) is 74.4 Å². The van der Waals surface area contributed by atoms with Gasteiger partial charge in [0.25, 0.3) is 0 Å². The number of carbonyl (C=O) groups is 1. The molecule has 1 atom stereocenters. The van der Waals surface area contributed by atoms with Crippen LogP contribution in [-0.4, -0.2) is 38.1 Å². The van der Waals surface area contributed by atoms with Crippen LogP contribution < -0.4 is 14.8 Å². The summed E-state index contributed by atoms with van der Waals surface area (Å²) in [6.45, 7) is 3.00. The van der Waals surface area contributed by atoms with Crippen LogP contribution in [-0.2, 0) is 11.2 Å². The summed E-state index contributed by atoms with van der Waals surface area (Å²) in [5.74, 6) is 1.34. The van der Waals surface area contributed by atoms with E-state index < -0.39 is 0 Å². The van der Waals surface area contributed by atoms with E-state index in [0.717, 1.165) is 29.8 Å². The van der Waals surface area contributed by atoms with Crippen molar-refractivity contribution in [2.45, 2.75) is 19.4 Å². The standard InChI is InChI=1S/C24H25ClN2O3S/c1-15-6-7-19(18(25)11-15)26-23(28)14-27-9-8-16-12-20(29-2)21(30-3)13-17(16)24(27)22-5-4-10-31-22/h4-7,10-13,24H,8-9,14H2,1-3H3,(H,26,28). The molecule has 0 aliphatic carbocycles. The van der Waals surface area contributed by atoms with Crippen LogP contribution in [0.4, 0.5) is 5.69 Å². The Labute approximate surface area is 191 Å². The summed E-state index contributed by atoms with van der Waals surface area (Å²) in [6, 6.07) is 13.9. The summed E-state index contributed by atoms with van der Waals surface area (Å²) in [5, 5.41) is 5.57. The van der Waals surface area contributed by atoms with Gasteiger partial charge in [-0.15, -0.1) is 11.3 Å². The first kappa shape index (κ1) is 21.7. The van der Waals surface area contributed by atoms with Gasteiger partial charge in [-0.2, -0.15) is 0 Å². The number of rotatable bonds is 6. The Hall–Kier alpha value is -2.54. The van der Waals surface area contributed by atoms with Gasteiger partial charge in [0.05, 0.1) is 37.5 Å². The van der Waals surface area contributed by atoms with Crippen LogP contribution in [0.25, 0.3) is 0 Å². The van der Waals surface area contributed by atoms with E-state index in [4.69, 9.17) is 21.1 Å². The average molecular weight is 457 g/mol. The van der Waals surface area contributed by atoms with Gasteiger partial charge in [0.1, 0.15) is 0 Å².